The highest BCUT2D eigenvalue weighted by Crippen LogP contribution is 2.34. The summed E-state index contributed by atoms with van der Waals surface area (Å²) in [6.07, 6.45) is 4.14. The predicted octanol–water partition coefficient (Wildman–Crippen LogP) is 1.98. The highest BCUT2D eigenvalue weighted by molar-refractivity contribution is 14.0. The topological polar surface area (TPSA) is 74.8 Å². The van der Waals surface area contributed by atoms with Crippen molar-refractivity contribution in [1.29, 1.82) is 0 Å². The Morgan fingerprint density at radius 1 is 1.33 bits per heavy atom. The van der Waals surface area contributed by atoms with E-state index in [1.165, 1.54) is 12.1 Å². The van der Waals surface area contributed by atoms with Gasteiger partial charge in [0, 0.05) is 13.1 Å². The SMILES string of the molecule is CCNC(=NCCNC(=O)Cc1cccc(F)c1)NC1CC2CCC1O2.I. The molecule has 2 bridgehead atoms. The third-order valence-electron chi connectivity index (χ3n) is 4.73. The smallest absolute Gasteiger partial charge is 0.224 e. The molecule has 2 heterocycles. The van der Waals surface area contributed by atoms with Crippen LogP contribution >= 0.6 is 24.0 Å². The van der Waals surface area contributed by atoms with Crippen molar-refractivity contribution in [1.82, 2.24) is 16.0 Å². The molecule has 3 rings (SSSR count). The molecule has 1 aromatic carbocycles. The van der Waals surface area contributed by atoms with E-state index in [1.807, 2.05) is 6.92 Å². The number of guanidine groups is 1. The summed E-state index contributed by atoms with van der Waals surface area (Å²) >= 11 is 0. The molecule has 2 saturated heterocycles. The van der Waals surface area contributed by atoms with Crippen molar-refractivity contribution in [2.45, 2.75) is 50.9 Å². The van der Waals surface area contributed by atoms with Crippen LogP contribution in [0.3, 0.4) is 0 Å². The summed E-state index contributed by atoms with van der Waals surface area (Å²) in [6, 6.07) is 6.41. The van der Waals surface area contributed by atoms with Gasteiger partial charge in [-0.15, -0.1) is 24.0 Å². The van der Waals surface area contributed by atoms with Crippen molar-refractivity contribution in [3.63, 3.8) is 0 Å². The Morgan fingerprint density at radius 2 is 2.19 bits per heavy atom. The predicted molar refractivity (Wildman–Crippen MR) is 114 cm³/mol. The van der Waals surface area contributed by atoms with Gasteiger partial charge < -0.3 is 20.7 Å². The minimum atomic E-state index is -0.328. The Bertz CT molecular complexity index is 658. The molecule has 8 heteroatoms. The van der Waals surface area contributed by atoms with Gasteiger partial charge >= 0.3 is 0 Å². The number of fused-ring (bicyclic) bond motifs is 2. The molecule has 2 aliphatic rings. The van der Waals surface area contributed by atoms with Crippen LogP contribution in [0.5, 0.6) is 0 Å². The summed E-state index contributed by atoms with van der Waals surface area (Å²) in [4.78, 5) is 16.4. The molecule has 0 saturated carbocycles. The summed E-state index contributed by atoms with van der Waals surface area (Å²) in [5.41, 5.74) is 0.664. The van der Waals surface area contributed by atoms with Crippen LogP contribution in [0.1, 0.15) is 31.7 Å². The molecule has 1 amide bonds. The lowest BCUT2D eigenvalue weighted by Crippen LogP contribution is -2.47. The molecule has 6 nitrogen and oxygen atoms in total. The van der Waals surface area contributed by atoms with E-state index in [9.17, 15) is 9.18 Å². The van der Waals surface area contributed by atoms with Gasteiger partial charge in [0.1, 0.15) is 5.82 Å². The summed E-state index contributed by atoms with van der Waals surface area (Å²) < 4.78 is 19.0. The van der Waals surface area contributed by atoms with Crippen LogP contribution in [0, 0.1) is 5.82 Å². The van der Waals surface area contributed by atoms with E-state index >= 15 is 0 Å². The molecule has 150 valence electrons. The highest BCUT2D eigenvalue weighted by atomic mass is 127. The highest BCUT2D eigenvalue weighted by Gasteiger charge is 2.41. The second kappa shape index (κ2) is 10.8. The quantitative estimate of drug-likeness (QED) is 0.237. The molecule has 0 radical (unpaired) electrons. The van der Waals surface area contributed by atoms with E-state index in [0.717, 1.165) is 31.8 Å². The fourth-order valence-corrected chi connectivity index (χ4v) is 3.54. The fraction of sp³-hybridized carbons (Fsp3) is 0.579. The van der Waals surface area contributed by atoms with Crippen molar-refractivity contribution in [2.24, 2.45) is 4.99 Å². The molecule has 27 heavy (non-hydrogen) atoms. The van der Waals surface area contributed by atoms with Gasteiger partial charge in [-0.3, -0.25) is 9.79 Å². The molecular weight excluding hydrogens is 462 g/mol. The standard InChI is InChI=1S/C19H27FN4O2.HI/c1-2-21-19(24-16-12-15-6-7-17(16)26-15)23-9-8-22-18(25)11-13-4-3-5-14(20)10-13;/h3-5,10,15-17H,2,6-9,11-12H2,1H3,(H,22,25)(H2,21,23,24);1H. The van der Waals surface area contributed by atoms with Crippen molar-refractivity contribution in [3.05, 3.63) is 35.6 Å². The normalized spacial score (nSPS) is 23.6. The first-order valence-electron chi connectivity index (χ1n) is 9.35. The molecule has 0 spiro atoms. The zero-order valence-electron chi connectivity index (χ0n) is 15.5. The van der Waals surface area contributed by atoms with Gasteiger partial charge in [0.05, 0.1) is 31.2 Å². The number of nitrogens with one attached hydrogen (secondary N) is 3. The second-order valence-electron chi connectivity index (χ2n) is 6.78. The maximum atomic E-state index is 13.1. The number of halogens is 2. The van der Waals surface area contributed by atoms with Crippen molar-refractivity contribution in [2.75, 3.05) is 19.6 Å². The van der Waals surface area contributed by atoms with E-state index in [-0.39, 0.29) is 48.2 Å². The third kappa shape index (κ3) is 6.60. The average Bonchev–Trinajstić information content (AvgIpc) is 3.22. The van der Waals surface area contributed by atoms with Gasteiger partial charge in [0.2, 0.25) is 5.91 Å². The number of benzene rings is 1. The molecule has 2 fully saturated rings. The van der Waals surface area contributed by atoms with Crippen molar-refractivity contribution in [3.8, 4) is 0 Å². The van der Waals surface area contributed by atoms with E-state index in [2.05, 4.69) is 20.9 Å². The monoisotopic (exact) mass is 490 g/mol. The number of amides is 1. The van der Waals surface area contributed by atoms with Gasteiger partial charge in [-0.1, -0.05) is 12.1 Å². The molecule has 2 aliphatic heterocycles. The Kier molecular flexibility index (Phi) is 8.75. The zero-order valence-corrected chi connectivity index (χ0v) is 17.9. The summed E-state index contributed by atoms with van der Waals surface area (Å²) in [5, 5.41) is 9.49. The third-order valence-corrected chi connectivity index (χ3v) is 4.73. The first-order chi connectivity index (χ1) is 12.6. The van der Waals surface area contributed by atoms with Gasteiger partial charge in [-0.05, 0) is 43.9 Å². The van der Waals surface area contributed by atoms with E-state index in [1.54, 1.807) is 12.1 Å². The van der Waals surface area contributed by atoms with E-state index < -0.39 is 0 Å². The molecule has 3 N–H and O–H groups in total. The number of hydrogen-bond donors (Lipinski definition) is 3. The summed E-state index contributed by atoms with van der Waals surface area (Å²) in [5.74, 6) is 0.296. The molecule has 3 unspecified atom stereocenters. The summed E-state index contributed by atoms with van der Waals surface area (Å²) in [6.45, 7) is 3.72. The first kappa shape index (κ1) is 21.9. The number of hydrogen-bond acceptors (Lipinski definition) is 3. The first-order valence-corrected chi connectivity index (χ1v) is 9.35. The van der Waals surface area contributed by atoms with Crippen LogP contribution in [-0.2, 0) is 16.0 Å². The molecule has 1 aromatic rings. The lowest BCUT2D eigenvalue weighted by Gasteiger charge is -2.22. The Morgan fingerprint density at radius 3 is 2.85 bits per heavy atom. The van der Waals surface area contributed by atoms with Crippen LogP contribution in [0.2, 0.25) is 0 Å². The van der Waals surface area contributed by atoms with Crippen LogP contribution in [-0.4, -0.2) is 49.8 Å². The van der Waals surface area contributed by atoms with E-state index in [0.29, 0.717) is 30.8 Å². The molecule has 0 aromatic heterocycles. The maximum Gasteiger partial charge on any atom is 0.224 e. The Balaban J connectivity index is 0.00000261. The van der Waals surface area contributed by atoms with Gasteiger partial charge in [-0.25, -0.2) is 4.39 Å². The Labute approximate surface area is 176 Å². The van der Waals surface area contributed by atoms with Gasteiger partial charge in [-0.2, -0.15) is 0 Å². The van der Waals surface area contributed by atoms with Crippen LogP contribution in [0.4, 0.5) is 4.39 Å². The Hall–Kier alpha value is -1.42. The van der Waals surface area contributed by atoms with Gasteiger partial charge in [0.25, 0.3) is 0 Å². The number of aliphatic imine (C=N–C) groups is 1. The molecule has 0 aliphatic carbocycles. The van der Waals surface area contributed by atoms with Crippen molar-refractivity contribution >= 4 is 35.8 Å². The minimum Gasteiger partial charge on any atom is -0.373 e. The molecular formula is C19H28FIN4O2. The number of carbonyl (C=O) groups excluding carboxylic acids is 1. The lowest BCUT2D eigenvalue weighted by molar-refractivity contribution is -0.120. The zero-order chi connectivity index (χ0) is 18.4. The minimum absolute atomic E-state index is 0. The van der Waals surface area contributed by atoms with E-state index in [4.69, 9.17) is 4.74 Å². The van der Waals surface area contributed by atoms with Gasteiger partial charge in [0.15, 0.2) is 5.96 Å². The number of carbonyl (C=O) groups is 1. The number of ether oxygens (including phenoxy) is 1. The number of nitrogens with zero attached hydrogens (tertiary/aromatic N) is 1. The van der Waals surface area contributed by atoms with Crippen molar-refractivity contribution < 1.29 is 13.9 Å². The molecule has 3 atom stereocenters. The average molecular weight is 490 g/mol. The maximum absolute atomic E-state index is 13.1. The largest absolute Gasteiger partial charge is 0.373 e. The van der Waals surface area contributed by atoms with Crippen LogP contribution in [0.15, 0.2) is 29.3 Å². The van der Waals surface area contributed by atoms with Crippen LogP contribution in [0.25, 0.3) is 0 Å². The summed E-state index contributed by atoms with van der Waals surface area (Å²) in [7, 11) is 0. The van der Waals surface area contributed by atoms with Crippen LogP contribution < -0.4 is 16.0 Å². The second-order valence-corrected chi connectivity index (χ2v) is 6.78. The number of rotatable bonds is 7. The lowest BCUT2D eigenvalue weighted by atomic mass is 9.96. The fourth-order valence-electron chi connectivity index (χ4n) is 3.54.